The third-order valence-corrected chi connectivity index (χ3v) is 1.86. The zero-order valence-corrected chi connectivity index (χ0v) is 8.43. The number of aromatic nitrogens is 2. The van der Waals surface area contributed by atoms with Crippen LogP contribution >= 0.6 is 0 Å². The highest BCUT2D eigenvalue weighted by atomic mass is 16.6. The Morgan fingerprint density at radius 3 is 2.93 bits per heavy atom. The average Bonchev–Trinajstić information content (AvgIpc) is 2.46. The fourth-order valence-corrected chi connectivity index (χ4v) is 0.939. The summed E-state index contributed by atoms with van der Waals surface area (Å²) >= 11 is 0. The quantitative estimate of drug-likeness (QED) is 0.544. The molecule has 1 aromatic rings. The maximum atomic E-state index is 10.6. The molecule has 0 aliphatic rings. The Hall–Kier alpha value is -1.59. The molecule has 1 heterocycles. The molecule has 6 heteroatoms. The fourth-order valence-electron chi connectivity index (χ4n) is 0.939. The fraction of sp³-hybridized carbons (Fsp3) is 0.625. The van der Waals surface area contributed by atoms with Crippen LogP contribution in [0.15, 0.2) is 6.20 Å². The molecule has 0 saturated carbocycles. The van der Waals surface area contributed by atoms with E-state index in [2.05, 4.69) is 5.10 Å². The molecule has 0 aliphatic heterocycles. The van der Waals surface area contributed by atoms with E-state index in [-0.39, 0.29) is 17.7 Å². The summed E-state index contributed by atoms with van der Waals surface area (Å²) in [6.07, 6.45) is 2.05. The molecule has 0 amide bonds. The third-order valence-electron chi connectivity index (χ3n) is 1.86. The normalized spacial score (nSPS) is 12.5. The molecule has 0 N–H and O–H groups in total. The zero-order valence-electron chi connectivity index (χ0n) is 8.43. The summed E-state index contributed by atoms with van der Waals surface area (Å²) in [4.78, 5) is 10.1. The molecule has 0 radical (unpaired) electrons. The summed E-state index contributed by atoms with van der Waals surface area (Å²) < 4.78 is 6.67. The summed E-state index contributed by atoms with van der Waals surface area (Å²) in [5.74, 6) is 0.0897. The number of rotatable bonds is 4. The Morgan fingerprint density at radius 2 is 2.43 bits per heavy atom. The smallest absolute Gasteiger partial charge is 0.350 e. The van der Waals surface area contributed by atoms with Gasteiger partial charge in [0.05, 0.1) is 11.0 Å². The lowest BCUT2D eigenvalue weighted by atomic mass is 10.3. The van der Waals surface area contributed by atoms with Crippen LogP contribution in [0.5, 0.6) is 5.88 Å². The van der Waals surface area contributed by atoms with Crippen LogP contribution in [0, 0.1) is 10.1 Å². The van der Waals surface area contributed by atoms with Crippen LogP contribution in [-0.2, 0) is 7.05 Å². The predicted octanol–water partition coefficient (Wildman–Crippen LogP) is 1.51. The number of ether oxygens (including phenoxy) is 1. The van der Waals surface area contributed by atoms with Crippen molar-refractivity contribution in [1.82, 2.24) is 9.78 Å². The highest BCUT2D eigenvalue weighted by Gasteiger charge is 2.21. The van der Waals surface area contributed by atoms with Gasteiger partial charge in [-0.2, -0.15) is 0 Å². The van der Waals surface area contributed by atoms with E-state index >= 15 is 0 Å². The van der Waals surface area contributed by atoms with Crippen LogP contribution in [0.2, 0.25) is 0 Å². The second kappa shape index (κ2) is 4.08. The molecule has 0 saturated heterocycles. The summed E-state index contributed by atoms with van der Waals surface area (Å²) in [6.45, 7) is 3.79. The molecule has 0 unspecified atom stereocenters. The molecule has 1 rings (SSSR count). The number of nitrogens with zero attached hydrogens (tertiary/aromatic N) is 3. The lowest BCUT2D eigenvalue weighted by Crippen LogP contribution is -2.11. The van der Waals surface area contributed by atoms with E-state index in [0.717, 1.165) is 6.42 Å². The van der Waals surface area contributed by atoms with Crippen molar-refractivity contribution in [2.45, 2.75) is 26.4 Å². The molecular formula is C8H13N3O3. The first-order chi connectivity index (χ1) is 6.54. The minimum absolute atomic E-state index is 0.0661. The van der Waals surface area contributed by atoms with Crippen molar-refractivity contribution < 1.29 is 9.66 Å². The van der Waals surface area contributed by atoms with E-state index in [0.29, 0.717) is 0 Å². The van der Waals surface area contributed by atoms with Crippen molar-refractivity contribution in [1.29, 1.82) is 0 Å². The van der Waals surface area contributed by atoms with Crippen LogP contribution < -0.4 is 4.74 Å². The SMILES string of the molecule is CC[C@@H](C)Oc1nn(C)cc1[N+](=O)[O-]. The van der Waals surface area contributed by atoms with Gasteiger partial charge in [-0.3, -0.25) is 14.8 Å². The summed E-state index contributed by atoms with van der Waals surface area (Å²) in [6, 6.07) is 0. The molecule has 14 heavy (non-hydrogen) atoms. The van der Waals surface area contributed by atoms with Gasteiger partial charge in [-0.05, 0) is 13.3 Å². The van der Waals surface area contributed by atoms with E-state index < -0.39 is 4.92 Å². The first-order valence-electron chi connectivity index (χ1n) is 4.39. The van der Waals surface area contributed by atoms with Gasteiger partial charge >= 0.3 is 11.6 Å². The van der Waals surface area contributed by atoms with E-state index in [1.54, 1.807) is 7.05 Å². The van der Waals surface area contributed by atoms with Gasteiger partial charge in [-0.25, -0.2) is 0 Å². The van der Waals surface area contributed by atoms with Crippen LogP contribution in [0.1, 0.15) is 20.3 Å². The second-order valence-electron chi connectivity index (χ2n) is 3.09. The third kappa shape index (κ3) is 2.21. The van der Waals surface area contributed by atoms with Gasteiger partial charge in [0.15, 0.2) is 0 Å². The van der Waals surface area contributed by atoms with Crippen LogP contribution in [-0.4, -0.2) is 20.8 Å². The highest BCUT2D eigenvalue weighted by Crippen LogP contribution is 2.25. The van der Waals surface area contributed by atoms with Gasteiger partial charge in [0.2, 0.25) is 0 Å². The molecular weight excluding hydrogens is 186 g/mol. The Labute approximate surface area is 81.6 Å². The molecule has 0 aliphatic carbocycles. The van der Waals surface area contributed by atoms with Crippen molar-refractivity contribution in [3.63, 3.8) is 0 Å². The highest BCUT2D eigenvalue weighted by molar-refractivity contribution is 5.38. The van der Waals surface area contributed by atoms with Crippen molar-refractivity contribution in [3.8, 4) is 5.88 Å². The number of hydrogen-bond donors (Lipinski definition) is 0. The minimum Gasteiger partial charge on any atom is -0.469 e. The number of hydrogen-bond acceptors (Lipinski definition) is 4. The molecule has 1 aromatic heterocycles. The Bertz CT molecular complexity index is 335. The molecule has 0 spiro atoms. The maximum Gasteiger partial charge on any atom is 0.350 e. The summed E-state index contributed by atoms with van der Waals surface area (Å²) in [5, 5.41) is 14.4. The predicted molar refractivity (Wildman–Crippen MR) is 50.2 cm³/mol. The molecule has 78 valence electrons. The van der Waals surface area contributed by atoms with Crippen LogP contribution in [0.4, 0.5) is 5.69 Å². The molecule has 0 fully saturated rings. The average molecular weight is 199 g/mol. The Kier molecular flexibility index (Phi) is 3.06. The first-order valence-corrected chi connectivity index (χ1v) is 4.39. The zero-order chi connectivity index (χ0) is 10.7. The van der Waals surface area contributed by atoms with Gasteiger partial charge in [0.25, 0.3) is 0 Å². The Balaban J connectivity index is 2.89. The first kappa shape index (κ1) is 10.5. The second-order valence-corrected chi connectivity index (χ2v) is 3.09. The summed E-state index contributed by atoms with van der Waals surface area (Å²) in [5.41, 5.74) is -0.0900. The van der Waals surface area contributed by atoms with Gasteiger partial charge < -0.3 is 4.74 Å². The van der Waals surface area contributed by atoms with Crippen LogP contribution in [0.25, 0.3) is 0 Å². The molecule has 0 aromatic carbocycles. The van der Waals surface area contributed by atoms with Crippen molar-refractivity contribution >= 4 is 5.69 Å². The minimum atomic E-state index is -0.495. The molecule has 0 bridgehead atoms. The molecule has 1 atom stereocenters. The molecule has 6 nitrogen and oxygen atoms in total. The lowest BCUT2D eigenvalue weighted by Gasteiger charge is -2.08. The van der Waals surface area contributed by atoms with Gasteiger partial charge in [0.1, 0.15) is 6.20 Å². The topological polar surface area (TPSA) is 70.2 Å². The van der Waals surface area contributed by atoms with Gasteiger partial charge in [-0.1, -0.05) is 6.92 Å². The van der Waals surface area contributed by atoms with E-state index in [9.17, 15) is 10.1 Å². The number of nitro groups is 1. The van der Waals surface area contributed by atoms with E-state index in [1.165, 1.54) is 10.9 Å². The maximum absolute atomic E-state index is 10.6. The number of aryl methyl sites for hydroxylation is 1. The van der Waals surface area contributed by atoms with Crippen LogP contribution in [0.3, 0.4) is 0 Å². The largest absolute Gasteiger partial charge is 0.469 e. The van der Waals surface area contributed by atoms with E-state index in [4.69, 9.17) is 4.74 Å². The van der Waals surface area contributed by atoms with Gasteiger partial charge in [-0.15, -0.1) is 5.10 Å². The van der Waals surface area contributed by atoms with Crippen molar-refractivity contribution in [2.75, 3.05) is 0 Å². The Morgan fingerprint density at radius 1 is 1.79 bits per heavy atom. The summed E-state index contributed by atoms with van der Waals surface area (Å²) in [7, 11) is 1.62. The van der Waals surface area contributed by atoms with Crippen molar-refractivity contribution in [2.24, 2.45) is 7.05 Å². The standard InChI is InChI=1S/C8H13N3O3/c1-4-6(2)14-8-7(11(12)13)5-10(3)9-8/h5-6H,4H2,1-3H3/t6-/m1/s1. The van der Waals surface area contributed by atoms with Crippen molar-refractivity contribution in [3.05, 3.63) is 16.3 Å². The van der Waals surface area contributed by atoms with E-state index in [1.807, 2.05) is 13.8 Å². The van der Waals surface area contributed by atoms with Gasteiger partial charge in [0, 0.05) is 7.05 Å². The lowest BCUT2D eigenvalue weighted by molar-refractivity contribution is -0.386. The monoisotopic (exact) mass is 199 g/mol.